The molecule has 4 heteroatoms. The lowest BCUT2D eigenvalue weighted by Gasteiger charge is -2.03. The molecule has 0 fully saturated rings. The van der Waals surface area contributed by atoms with Gasteiger partial charge in [-0.3, -0.25) is 4.79 Å². The van der Waals surface area contributed by atoms with Crippen molar-refractivity contribution < 1.29 is 9.90 Å². The summed E-state index contributed by atoms with van der Waals surface area (Å²) >= 11 is 2.26. The van der Waals surface area contributed by atoms with Gasteiger partial charge in [-0.2, -0.15) is 0 Å². The smallest absolute Gasteiger partial charge is 0.251 e. The molecule has 14 heavy (non-hydrogen) atoms. The van der Waals surface area contributed by atoms with E-state index in [0.717, 1.165) is 10.8 Å². The van der Waals surface area contributed by atoms with Crippen LogP contribution in [0.25, 0.3) is 0 Å². The van der Waals surface area contributed by atoms with Crippen LogP contribution in [0.4, 0.5) is 0 Å². The SMILES string of the molecule is O=C(NCCCI)c1cccc(O)c1. The van der Waals surface area contributed by atoms with Crippen LogP contribution in [0.2, 0.25) is 0 Å². The van der Waals surface area contributed by atoms with Crippen molar-refractivity contribution in [2.75, 3.05) is 11.0 Å². The molecule has 0 radical (unpaired) electrons. The molecule has 0 saturated carbocycles. The highest BCUT2D eigenvalue weighted by Crippen LogP contribution is 2.10. The zero-order valence-corrected chi connectivity index (χ0v) is 9.82. The van der Waals surface area contributed by atoms with Crippen LogP contribution < -0.4 is 5.32 Å². The molecule has 0 aromatic heterocycles. The van der Waals surface area contributed by atoms with Gasteiger partial charge in [0.1, 0.15) is 5.75 Å². The minimum Gasteiger partial charge on any atom is -0.508 e. The van der Waals surface area contributed by atoms with Gasteiger partial charge < -0.3 is 10.4 Å². The van der Waals surface area contributed by atoms with Gasteiger partial charge in [0.15, 0.2) is 0 Å². The van der Waals surface area contributed by atoms with Crippen molar-refractivity contribution >= 4 is 28.5 Å². The average molecular weight is 305 g/mol. The number of aromatic hydroxyl groups is 1. The second kappa shape index (κ2) is 5.85. The molecule has 0 aliphatic carbocycles. The second-order valence-electron chi connectivity index (χ2n) is 2.85. The van der Waals surface area contributed by atoms with E-state index in [4.69, 9.17) is 5.11 Å². The number of hydrogen-bond acceptors (Lipinski definition) is 2. The van der Waals surface area contributed by atoms with E-state index in [2.05, 4.69) is 27.9 Å². The molecule has 0 unspecified atom stereocenters. The number of rotatable bonds is 4. The fourth-order valence-electron chi connectivity index (χ4n) is 1.02. The van der Waals surface area contributed by atoms with Gasteiger partial charge in [0, 0.05) is 16.5 Å². The predicted molar refractivity (Wildman–Crippen MR) is 63.9 cm³/mol. The van der Waals surface area contributed by atoms with Gasteiger partial charge in [0.05, 0.1) is 0 Å². The van der Waals surface area contributed by atoms with Crippen LogP contribution in [0, 0.1) is 0 Å². The van der Waals surface area contributed by atoms with Crippen LogP contribution in [0.5, 0.6) is 5.75 Å². The monoisotopic (exact) mass is 305 g/mol. The maximum atomic E-state index is 11.4. The van der Waals surface area contributed by atoms with Crippen molar-refractivity contribution in [3.8, 4) is 5.75 Å². The molecule has 0 heterocycles. The van der Waals surface area contributed by atoms with Crippen LogP contribution >= 0.6 is 22.6 Å². The first-order chi connectivity index (χ1) is 6.74. The van der Waals surface area contributed by atoms with Crippen LogP contribution in [-0.2, 0) is 0 Å². The third kappa shape index (κ3) is 3.53. The Balaban J connectivity index is 2.52. The molecule has 1 aromatic rings. The summed E-state index contributed by atoms with van der Waals surface area (Å²) in [6, 6.07) is 6.34. The molecule has 1 aromatic carbocycles. The van der Waals surface area contributed by atoms with Gasteiger partial charge in [0.25, 0.3) is 5.91 Å². The predicted octanol–water partition coefficient (Wildman–Crippen LogP) is 1.95. The summed E-state index contributed by atoms with van der Waals surface area (Å²) in [5.41, 5.74) is 0.499. The van der Waals surface area contributed by atoms with E-state index < -0.39 is 0 Å². The summed E-state index contributed by atoms with van der Waals surface area (Å²) in [6.45, 7) is 0.678. The summed E-state index contributed by atoms with van der Waals surface area (Å²) in [7, 11) is 0. The maximum Gasteiger partial charge on any atom is 0.251 e. The van der Waals surface area contributed by atoms with E-state index in [1.54, 1.807) is 18.2 Å². The lowest BCUT2D eigenvalue weighted by atomic mass is 10.2. The van der Waals surface area contributed by atoms with E-state index in [0.29, 0.717) is 12.1 Å². The summed E-state index contributed by atoms with van der Waals surface area (Å²) < 4.78 is 1.03. The molecule has 0 aliphatic rings. The number of hydrogen-bond donors (Lipinski definition) is 2. The minimum atomic E-state index is -0.134. The van der Waals surface area contributed by atoms with Gasteiger partial charge in [-0.1, -0.05) is 28.7 Å². The lowest BCUT2D eigenvalue weighted by Crippen LogP contribution is -2.24. The number of benzene rings is 1. The van der Waals surface area contributed by atoms with Crippen molar-refractivity contribution in [1.82, 2.24) is 5.32 Å². The van der Waals surface area contributed by atoms with E-state index in [1.807, 2.05) is 0 Å². The van der Waals surface area contributed by atoms with Crippen LogP contribution in [0.1, 0.15) is 16.8 Å². The molecule has 0 spiro atoms. The summed E-state index contributed by atoms with van der Waals surface area (Å²) in [5, 5.41) is 11.9. The van der Waals surface area contributed by atoms with Crippen molar-refractivity contribution in [2.24, 2.45) is 0 Å². The largest absolute Gasteiger partial charge is 0.508 e. The molecule has 76 valence electrons. The molecular formula is C10H12INO2. The zero-order chi connectivity index (χ0) is 10.4. The van der Waals surface area contributed by atoms with Crippen LogP contribution in [-0.4, -0.2) is 22.0 Å². The van der Waals surface area contributed by atoms with Gasteiger partial charge in [0.2, 0.25) is 0 Å². The molecule has 1 rings (SSSR count). The van der Waals surface area contributed by atoms with Gasteiger partial charge in [-0.25, -0.2) is 0 Å². The Morgan fingerprint density at radius 1 is 1.50 bits per heavy atom. The van der Waals surface area contributed by atoms with Gasteiger partial charge in [-0.05, 0) is 24.6 Å². The first-order valence-corrected chi connectivity index (χ1v) is 5.90. The standard InChI is InChI=1S/C10H12INO2/c11-5-2-6-12-10(14)8-3-1-4-9(13)7-8/h1,3-4,7,13H,2,5-6H2,(H,12,14). The third-order valence-electron chi connectivity index (χ3n) is 1.70. The Labute approximate surface area is 96.7 Å². The van der Waals surface area contributed by atoms with Crippen molar-refractivity contribution in [2.45, 2.75) is 6.42 Å². The molecule has 0 bridgehead atoms. The average Bonchev–Trinajstić information content (AvgIpc) is 2.18. The van der Waals surface area contributed by atoms with E-state index >= 15 is 0 Å². The number of halogens is 1. The molecule has 0 atom stereocenters. The Morgan fingerprint density at radius 3 is 2.93 bits per heavy atom. The van der Waals surface area contributed by atoms with E-state index in [9.17, 15) is 4.79 Å². The quantitative estimate of drug-likeness (QED) is 0.507. The van der Waals surface area contributed by atoms with Crippen LogP contribution in [0.3, 0.4) is 0 Å². The zero-order valence-electron chi connectivity index (χ0n) is 7.66. The molecule has 2 N–H and O–H groups in total. The number of amides is 1. The number of carbonyl (C=O) groups excluding carboxylic acids is 1. The van der Waals surface area contributed by atoms with E-state index in [1.165, 1.54) is 6.07 Å². The highest BCUT2D eigenvalue weighted by molar-refractivity contribution is 14.1. The fraction of sp³-hybridized carbons (Fsp3) is 0.300. The molecule has 0 saturated heterocycles. The Kier molecular flexibility index (Phi) is 4.72. The highest BCUT2D eigenvalue weighted by atomic mass is 127. The third-order valence-corrected chi connectivity index (χ3v) is 2.47. The topological polar surface area (TPSA) is 49.3 Å². The summed E-state index contributed by atoms with van der Waals surface area (Å²) in [4.78, 5) is 11.4. The van der Waals surface area contributed by atoms with Crippen molar-refractivity contribution in [1.29, 1.82) is 0 Å². The number of alkyl halides is 1. The summed E-state index contributed by atoms with van der Waals surface area (Å²) in [6.07, 6.45) is 0.963. The van der Waals surface area contributed by atoms with Crippen molar-refractivity contribution in [3.63, 3.8) is 0 Å². The van der Waals surface area contributed by atoms with Crippen molar-refractivity contribution in [3.05, 3.63) is 29.8 Å². The normalized spacial score (nSPS) is 9.79. The maximum absolute atomic E-state index is 11.4. The first kappa shape index (κ1) is 11.3. The first-order valence-electron chi connectivity index (χ1n) is 4.37. The highest BCUT2D eigenvalue weighted by Gasteiger charge is 2.04. The molecule has 1 amide bonds. The molecular weight excluding hydrogens is 293 g/mol. The van der Waals surface area contributed by atoms with E-state index in [-0.39, 0.29) is 11.7 Å². The van der Waals surface area contributed by atoms with Gasteiger partial charge >= 0.3 is 0 Å². The molecule has 0 aliphatic heterocycles. The minimum absolute atomic E-state index is 0.117. The Hall–Kier alpha value is -0.780. The number of phenolic OH excluding ortho intramolecular Hbond substituents is 1. The van der Waals surface area contributed by atoms with Crippen LogP contribution in [0.15, 0.2) is 24.3 Å². The van der Waals surface area contributed by atoms with Gasteiger partial charge in [-0.15, -0.1) is 0 Å². The number of nitrogens with one attached hydrogen (secondary N) is 1. The Morgan fingerprint density at radius 2 is 2.29 bits per heavy atom. The number of phenols is 1. The second-order valence-corrected chi connectivity index (χ2v) is 3.93. The lowest BCUT2D eigenvalue weighted by molar-refractivity contribution is 0.0953. The fourth-order valence-corrected chi connectivity index (χ4v) is 1.40. The number of carbonyl (C=O) groups is 1. The summed E-state index contributed by atoms with van der Waals surface area (Å²) in [5.74, 6) is -0.0164. The Bertz CT molecular complexity index is 315. The molecule has 3 nitrogen and oxygen atoms in total.